The molecule has 26 heavy (non-hydrogen) atoms. The highest BCUT2D eigenvalue weighted by Crippen LogP contribution is 2.22. The lowest BCUT2D eigenvalue weighted by Gasteiger charge is -2.25. The van der Waals surface area contributed by atoms with Crippen LogP contribution < -0.4 is 5.73 Å². The van der Waals surface area contributed by atoms with Gasteiger partial charge in [-0.15, -0.1) is 0 Å². The van der Waals surface area contributed by atoms with E-state index in [1.807, 2.05) is 50.2 Å². The van der Waals surface area contributed by atoms with Crippen molar-refractivity contribution < 1.29 is 9.53 Å². The molecule has 1 aliphatic heterocycles. The first-order valence-electron chi connectivity index (χ1n) is 9.04. The summed E-state index contributed by atoms with van der Waals surface area (Å²) in [6.07, 6.45) is 1.07. The van der Waals surface area contributed by atoms with Gasteiger partial charge in [-0.05, 0) is 51.0 Å². The smallest absolute Gasteiger partial charge is 0.252 e. The Hall–Kier alpha value is -2.31. The third-order valence-corrected chi connectivity index (χ3v) is 4.56. The minimum atomic E-state index is -0.432. The number of carbonyl (C=O) groups excluding carboxylic acids is 1. The number of hydrogen-bond donors (Lipinski definition) is 1. The minimum Gasteiger partial charge on any atom is -0.364 e. The molecule has 6 heteroatoms. The number of pyridine rings is 2. The van der Waals surface area contributed by atoms with Crippen molar-refractivity contribution in [3.8, 4) is 0 Å². The zero-order valence-corrected chi connectivity index (χ0v) is 15.4. The molecule has 0 spiro atoms. The van der Waals surface area contributed by atoms with E-state index in [2.05, 4.69) is 9.97 Å². The van der Waals surface area contributed by atoms with Gasteiger partial charge < -0.3 is 15.4 Å². The Morgan fingerprint density at radius 1 is 1.08 bits per heavy atom. The number of nitrogens with zero attached hydrogens (tertiary/aromatic N) is 3. The molecule has 6 nitrogen and oxygen atoms in total. The zero-order valence-electron chi connectivity index (χ0n) is 15.4. The van der Waals surface area contributed by atoms with E-state index in [4.69, 9.17) is 10.5 Å². The summed E-state index contributed by atoms with van der Waals surface area (Å²) in [5.74, 6) is -0.0208. The maximum atomic E-state index is 13.1. The number of aromatic nitrogens is 2. The van der Waals surface area contributed by atoms with Crippen LogP contribution in [-0.2, 0) is 22.6 Å². The largest absolute Gasteiger partial charge is 0.364 e. The summed E-state index contributed by atoms with van der Waals surface area (Å²) in [7, 11) is 0. The predicted molar refractivity (Wildman–Crippen MR) is 99.2 cm³/mol. The van der Waals surface area contributed by atoms with Crippen molar-refractivity contribution in [3.63, 3.8) is 0 Å². The summed E-state index contributed by atoms with van der Waals surface area (Å²) in [5, 5.41) is 0. The first-order valence-corrected chi connectivity index (χ1v) is 9.04. The fourth-order valence-corrected chi connectivity index (χ4v) is 3.24. The fraction of sp³-hybridized carbons (Fsp3) is 0.450. The highest BCUT2D eigenvalue weighted by atomic mass is 16.5. The first kappa shape index (κ1) is 18.5. The third kappa shape index (κ3) is 4.65. The highest BCUT2D eigenvalue weighted by Gasteiger charge is 2.33. The third-order valence-electron chi connectivity index (χ3n) is 4.56. The number of amides is 1. The molecule has 2 aromatic rings. The van der Waals surface area contributed by atoms with E-state index in [9.17, 15) is 4.79 Å². The molecule has 0 unspecified atom stereocenters. The van der Waals surface area contributed by atoms with E-state index in [0.29, 0.717) is 26.1 Å². The molecular formula is C20H26N4O2. The summed E-state index contributed by atoms with van der Waals surface area (Å²) < 4.78 is 5.82. The number of hydrogen-bond acceptors (Lipinski definition) is 5. The van der Waals surface area contributed by atoms with Crippen LogP contribution in [0.15, 0.2) is 36.4 Å². The zero-order chi connectivity index (χ0) is 18.5. The molecule has 138 valence electrons. The second kappa shape index (κ2) is 8.38. The topological polar surface area (TPSA) is 81.3 Å². The maximum absolute atomic E-state index is 13.1. The van der Waals surface area contributed by atoms with Gasteiger partial charge in [-0.1, -0.05) is 12.1 Å². The van der Waals surface area contributed by atoms with Crippen molar-refractivity contribution in [1.82, 2.24) is 14.9 Å². The molecule has 1 saturated heterocycles. The van der Waals surface area contributed by atoms with Crippen molar-refractivity contribution in [2.45, 2.75) is 52.0 Å². The number of rotatable bonds is 6. The number of aryl methyl sites for hydroxylation is 2. The fourth-order valence-electron chi connectivity index (χ4n) is 3.24. The van der Waals surface area contributed by atoms with E-state index in [0.717, 1.165) is 29.2 Å². The SMILES string of the molecule is Cc1cccc(CN(Cc2cccc(C)n2)C(=O)[C@@H]2CC[C@H](CN)O2)n1. The highest BCUT2D eigenvalue weighted by molar-refractivity contribution is 5.81. The number of carbonyl (C=O) groups is 1. The normalized spacial score (nSPS) is 19.5. The number of ether oxygens (including phenoxy) is 1. The quantitative estimate of drug-likeness (QED) is 0.859. The van der Waals surface area contributed by atoms with Gasteiger partial charge in [0.1, 0.15) is 6.10 Å². The van der Waals surface area contributed by atoms with Crippen LogP contribution in [0.4, 0.5) is 0 Å². The average Bonchev–Trinajstić information content (AvgIpc) is 3.10. The van der Waals surface area contributed by atoms with Gasteiger partial charge in [0.2, 0.25) is 0 Å². The molecule has 1 fully saturated rings. The van der Waals surface area contributed by atoms with Gasteiger partial charge in [0.25, 0.3) is 5.91 Å². The second-order valence-corrected chi connectivity index (χ2v) is 6.79. The van der Waals surface area contributed by atoms with Crippen molar-refractivity contribution >= 4 is 5.91 Å². The van der Waals surface area contributed by atoms with Crippen molar-refractivity contribution in [2.75, 3.05) is 6.54 Å². The van der Waals surface area contributed by atoms with Gasteiger partial charge in [0.05, 0.1) is 30.6 Å². The van der Waals surface area contributed by atoms with Crippen LogP contribution >= 0.6 is 0 Å². The summed E-state index contributed by atoms with van der Waals surface area (Å²) in [6.45, 7) is 5.21. The van der Waals surface area contributed by atoms with Gasteiger partial charge in [-0.25, -0.2) is 0 Å². The molecule has 0 saturated carbocycles. The van der Waals surface area contributed by atoms with Crippen molar-refractivity contribution in [1.29, 1.82) is 0 Å². The first-order chi connectivity index (χ1) is 12.5. The van der Waals surface area contributed by atoms with E-state index in [1.54, 1.807) is 4.90 Å². The molecule has 2 atom stereocenters. The second-order valence-electron chi connectivity index (χ2n) is 6.79. The van der Waals surface area contributed by atoms with E-state index in [-0.39, 0.29) is 12.0 Å². The van der Waals surface area contributed by atoms with Gasteiger partial charge in [0, 0.05) is 17.9 Å². The molecule has 2 aromatic heterocycles. The van der Waals surface area contributed by atoms with Crippen LogP contribution in [0.1, 0.15) is 35.6 Å². The molecule has 0 bridgehead atoms. The Bertz CT molecular complexity index is 717. The van der Waals surface area contributed by atoms with Crippen LogP contribution in [0.2, 0.25) is 0 Å². The van der Waals surface area contributed by atoms with E-state index < -0.39 is 6.10 Å². The van der Waals surface area contributed by atoms with Gasteiger partial charge >= 0.3 is 0 Å². The van der Waals surface area contributed by atoms with Crippen LogP contribution in [0.25, 0.3) is 0 Å². The predicted octanol–water partition coefficient (Wildman–Crippen LogP) is 2.13. The Balaban J connectivity index is 1.79. The van der Waals surface area contributed by atoms with E-state index >= 15 is 0 Å². The molecule has 1 amide bonds. The van der Waals surface area contributed by atoms with Gasteiger partial charge in [-0.3, -0.25) is 14.8 Å². The van der Waals surface area contributed by atoms with Crippen LogP contribution in [0.5, 0.6) is 0 Å². The van der Waals surface area contributed by atoms with Crippen LogP contribution in [-0.4, -0.2) is 39.5 Å². The standard InChI is InChI=1S/C20H26N4O2/c1-14-5-3-7-16(22-14)12-24(13-17-8-4-6-15(2)23-17)20(25)19-10-9-18(11-21)26-19/h3-8,18-19H,9-13,21H2,1-2H3/t18-,19+/m1/s1. The molecule has 2 N–H and O–H groups in total. The number of nitrogens with two attached hydrogens (primary N) is 1. The molecule has 1 aliphatic rings. The summed E-state index contributed by atoms with van der Waals surface area (Å²) in [6, 6.07) is 11.7. The monoisotopic (exact) mass is 354 g/mol. The van der Waals surface area contributed by atoms with Crippen LogP contribution in [0.3, 0.4) is 0 Å². The van der Waals surface area contributed by atoms with Crippen LogP contribution in [0, 0.1) is 13.8 Å². The molecular weight excluding hydrogens is 328 g/mol. The summed E-state index contributed by atoms with van der Waals surface area (Å²) >= 11 is 0. The van der Waals surface area contributed by atoms with Crippen molar-refractivity contribution in [3.05, 3.63) is 59.2 Å². The maximum Gasteiger partial charge on any atom is 0.252 e. The summed E-state index contributed by atoms with van der Waals surface area (Å²) in [5.41, 5.74) is 9.27. The summed E-state index contributed by atoms with van der Waals surface area (Å²) in [4.78, 5) is 23.9. The van der Waals surface area contributed by atoms with Crippen molar-refractivity contribution in [2.24, 2.45) is 5.73 Å². The molecule has 3 heterocycles. The lowest BCUT2D eigenvalue weighted by Crippen LogP contribution is -2.39. The molecule has 0 radical (unpaired) electrons. The molecule has 3 rings (SSSR count). The Labute approximate surface area is 154 Å². The Morgan fingerprint density at radius 2 is 1.65 bits per heavy atom. The molecule has 0 aliphatic carbocycles. The molecule has 0 aromatic carbocycles. The lowest BCUT2D eigenvalue weighted by atomic mass is 10.1. The average molecular weight is 354 g/mol. The van der Waals surface area contributed by atoms with Gasteiger partial charge in [0.15, 0.2) is 0 Å². The Morgan fingerprint density at radius 3 is 2.12 bits per heavy atom. The minimum absolute atomic E-state index is 0.0208. The Kier molecular flexibility index (Phi) is 5.96. The van der Waals surface area contributed by atoms with Gasteiger partial charge in [-0.2, -0.15) is 0 Å². The lowest BCUT2D eigenvalue weighted by molar-refractivity contribution is -0.144. The van der Waals surface area contributed by atoms with E-state index in [1.165, 1.54) is 0 Å².